The SMILES string of the molecule is COc1ccc(Cc2nnc(NC(=O)c3ccc(NC(=O)C4CC(=O)N(C(C)C)C4)cc3)s2)cc1. The molecule has 1 unspecified atom stereocenters. The van der Waals surface area contributed by atoms with Crippen molar-refractivity contribution in [2.75, 3.05) is 24.3 Å². The van der Waals surface area contributed by atoms with Crippen molar-refractivity contribution >= 4 is 39.9 Å². The number of benzene rings is 2. The lowest BCUT2D eigenvalue weighted by atomic mass is 10.1. The molecule has 4 rings (SSSR count). The van der Waals surface area contributed by atoms with E-state index in [2.05, 4.69) is 20.8 Å². The Balaban J connectivity index is 1.30. The van der Waals surface area contributed by atoms with E-state index in [1.54, 1.807) is 36.3 Å². The van der Waals surface area contributed by atoms with Crippen molar-refractivity contribution < 1.29 is 19.1 Å². The van der Waals surface area contributed by atoms with E-state index in [1.165, 1.54) is 11.3 Å². The maximum Gasteiger partial charge on any atom is 0.257 e. The molecule has 1 atom stereocenters. The maximum absolute atomic E-state index is 12.6. The highest BCUT2D eigenvalue weighted by Crippen LogP contribution is 2.23. The lowest BCUT2D eigenvalue weighted by Gasteiger charge is -2.20. The number of carbonyl (C=O) groups excluding carboxylic acids is 3. The number of hydrogen-bond donors (Lipinski definition) is 2. The Morgan fingerprint density at radius 3 is 2.43 bits per heavy atom. The number of carbonyl (C=O) groups is 3. The Hall–Kier alpha value is -3.79. The molecule has 1 aliphatic rings. The van der Waals surface area contributed by atoms with Crippen LogP contribution >= 0.6 is 11.3 Å². The van der Waals surface area contributed by atoms with E-state index < -0.39 is 0 Å². The van der Waals surface area contributed by atoms with Crippen LogP contribution < -0.4 is 15.4 Å². The number of rotatable bonds is 8. The van der Waals surface area contributed by atoms with Crippen LogP contribution in [0.2, 0.25) is 0 Å². The molecule has 182 valence electrons. The van der Waals surface area contributed by atoms with Crippen LogP contribution in [0.4, 0.5) is 10.8 Å². The van der Waals surface area contributed by atoms with E-state index in [1.807, 2.05) is 38.1 Å². The summed E-state index contributed by atoms with van der Waals surface area (Å²) in [5.74, 6) is -0.106. The second kappa shape index (κ2) is 10.6. The average Bonchev–Trinajstić information content (AvgIpc) is 3.46. The van der Waals surface area contributed by atoms with Crippen LogP contribution in [-0.4, -0.2) is 52.5 Å². The summed E-state index contributed by atoms with van der Waals surface area (Å²) in [6.45, 7) is 4.29. The zero-order chi connectivity index (χ0) is 24.9. The first-order chi connectivity index (χ1) is 16.8. The van der Waals surface area contributed by atoms with Gasteiger partial charge in [0, 0.05) is 36.7 Å². The van der Waals surface area contributed by atoms with Gasteiger partial charge in [0.2, 0.25) is 16.9 Å². The van der Waals surface area contributed by atoms with Gasteiger partial charge in [0.05, 0.1) is 13.0 Å². The number of nitrogens with zero attached hydrogens (tertiary/aromatic N) is 3. The van der Waals surface area contributed by atoms with Gasteiger partial charge in [0.15, 0.2) is 0 Å². The van der Waals surface area contributed by atoms with Crippen LogP contribution in [0.5, 0.6) is 5.75 Å². The summed E-state index contributed by atoms with van der Waals surface area (Å²) in [5, 5.41) is 15.0. The molecule has 1 saturated heterocycles. The first-order valence-electron chi connectivity index (χ1n) is 11.3. The standard InChI is InChI=1S/C25H27N5O4S/c1-15(2)30-14-18(13-22(30)31)24(33)26-19-8-6-17(7-9-19)23(32)27-25-29-28-21(35-25)12-16-4-10-20(34-3)11-5-16/h4-11,15,18H,12-14H2,1-3H3,(H,26,33)(H,27,29,32). The highest BCUT2D eigenvalue weighted by molar-refractivity contribution is 7.15. The predicted molar refractivity (Wildman–Crippen MR) is 134 cm³/mol. The molecular formula is C25H27N5O4S. The van der Waals surface area contributed by atoms with Gasteiger partial charge in [-0.25, -0.2) is 0 Å². The number of ether oxygens (including phenoxy) is 1. The van der Waals surface area contributed by atoms with E-state index >= 15 is 0 Å². The Bertz CT molecular complexity index is 1210. The fourth-order valence-corrected chi connectivity index (χ4v) is 4.59. The molecule has 0 radical (unpaired) electrons. The third-order valence-corrected chi connectivity index (χ3v) is 6.61. The fourth-order valence-electron chi connectivity index (χ4n) is 3.82. The largest absolute Gasteiger partial charge is 0.497 e. The normalized spacial score (nSPS) is 15.4. The summed E-state index contributed by atoms with van der Waals surface area (Å²) in [6, 6.07) is 14.4. The first-order valence-corrected chi connectivity index (χ1v) is 12.1. The minimum atomic E-state index is -0.377. The first kappa shape index (κ1) is 24.3. The Morgan fingerprint density at radius 2 is 1.80 bits per heavy atom. The number of anilines is 2. The van der Waals surface area contributed by atoms with Gasteiger partial charge in [-0.3, -0.25) is 19.7 Å². The van der Waals surface area contributed by atoms with Crippen molar-refractivity contribution in [1.82, 2.24) is 15.1 Å². The molecule has 9 nitrogen and oxygen atoms in total. The molecule has 3 amide bonds. The molecule has 35 heavy (non-hydrogen) atoms. The van der Waals surface area contributed by atoms with Gasteiger partial charge in [-0.15, -0.1) is 10.2 Å². The van der Waals surface area contributed by atoms with Crippen LogP contribution in [0, 0.1) is 5.92 Å². The van der Waals surface area contributed by atoms with Crippen LogP contribution in [0.1, 0.15) is 41.2 Å². The zero-order valence-electron chi connectivity index (χ0n) is 19.8. The van der Waals surface area contributed by atoms with Gasteiger partial charge in [-0.2, -0.15) is 0 Å². The fraction of sp³-hybridized carbons (Fsp3) is 0.320. The quantitative estimate of drug-likeness (QED) is 0.496. The Kier molecular flexibility index (Phi) is 7.40. The monoisotopic (exact) mass is 493 g/mol. The number of aromatic nitrogens is 2. The summed E-state index contributed by atoms with van der Waals surface area (Å²) in [4.78, 5) is 39.0. The average molecular weight is 494 g/mol. The lowest BCUT2D eigenvalue weighted by Crippen LogP contribution is -2.33. The van der Waals surface area contributed by atoms with E-state index in [4.69, 9.17) is 4.74 Å². The molecule has 1 fully saturated rings. The molecule has 0 aliphatic carbocycles. The van der Waals surface area contributed by atoms with Gasteiger partial charge < -0.3 is 15.0 Å². The molecule has 0 bridgehead atoms. The van der Waals surface area contributed by atoms with E-state index in [9.17, 15) is 14.4 Å². The number of methoxy groups -OCH3 is 1. The van der Waals surface area contributed by atoms with Crippen LogP contribution in [0.3, 0.4) is 0 Å². The number of nitrogens with one attached hydrogen (secondary N) is 2. The second-order valence-corrected chi connectivity index (χ2v) is 9.65. The summed E-state index contributed by atoms with van der Waals surface area (Å²) in [7, 11) is 1.62. The van der Waals surface area contributed by atoms with Crippen molar-refractivity contribution in [1.29, 1.82) is 0 Å². The molecule has 2 aromatic carbocycles. The highest BCUT2D eigenvalue weighted by atomic mass is 32.1. The molecule has 0 spiro atoms. The third-order valence-electron chi connectivity index (χ3n) is 5.77. The van der Waals surface area contributed by atoms with Crippen molar-refractivity contribution in [2.45, 2.75) is 32.7 Å². The van der Waals surface area contributed by atoms with Crippen LogP contribution in [-0.2, 0) is 16.0 Å². The van der Waals surface area contributed by atoms with Crippen LogP contribution in [0.15, 0.2) is 48.5 Å². The van der Waals surface area contributed by atoms with E-state index in [0.29, 0.717) is 29.3 Å². The minimum absolute atomic E-state index is 0.00370. The van der Waals surface area contributed by atoms with Crippen molar-refractivity contribution in [3.05, 3.63) is 64.7 Å². The summed E-state index contributed by atoms with van der Waals surface area (Å²) in [6.07, 6.45) is 0.820. The molecule has 1 aromatic heterocycles. The molecule has 1 aliphatic heterocycles. The van der Waals surface area contributed by atoms with Crippen molar-refractivity contribution in [3.63, 3.8) is 0 Å². The summed E-state index contributed by atoms with van der Waals surface area (Å²) in [5.41, 5.74) is 2.06. The predicted octanol–water partition coefficient (Wildman–Crippen LogP) is 3.59. The van der Waals surface area contributed by atoms with E-state index in [0.717, 1.165) is 16.3 Å². The van der Waals surface area contributed by atoms with Gasteiger partial charge in [0.25, 0.3) is 5.91 Å². The minimum Gasteiger partial charge on any atom is -0.497 e. The Labute approximate surface area is 207 Å². The smallest absolute Gasteiger partial charge is 0.257 e. The van der Waals surface area contributed by atoms with Crippen molar-refractivity contribution in [3.8, 4) is 5.75 Å². The van der Waals surface area contributed by atoms with Crippen LogP contribution in [0.25, 0.3) is 0 Å². The summed E-state index contributed by atoms with van der Waals surface area (Å²) >= 11 is 1.31. The topological polar surface area (TPSA) is 114 Å². The molecule has 2 heterocycles. The number of likely N-dealkylation sites (tertiary alicyclic amines) is 1. The van der Waals surface area contributed by atoms with Gasteiger partial charge in [-0.1, -0.05) is 23.5 Å². The number of amides is 3. The highest BCUT2D eigenvalue weighted by Gasteiger charge is 2.35. The van der Waals surface area contributed by atoms with Gasteiger partial charge in [-0.05, 0) is 55.8 Å². The second-order valence-electron chi connectivity index (χ2n) is 8.59. The van der Waals surface area contributed by atoms with E-state index in [-0.39, 0.29) is 36.1 Å². The summed E-state index contributed by atoms with van der Waals surface area (Å²) < 4.78 is 5.17. The lowest BCUT2D eigenvalue weighted by molar-refractivity contribution is -0.129. The Morgan fingerprint density at radius 1 is 1.09 bits per heavy atom. The third kappa shape index (κ3) is 6.02. The van der Waals surface area contributed by atoms with Crippen molar-refractivity contribution in [2.24, 2.45) is 5.92 Å². The zero-order valence-corrected chi connectivity index (χ0v) is 20.6. The van der Waals surface area contributed by atoms with Gasteiger partial charge in [0.1, 0.15) is 10.8 Å². The molecule has 2 N–H and O–H groups in total. The molecule has 3 aromatic rings. The molecule has 0 saturated carbocycles. The van der Waals surface area contributed by atoms with Gasteiger partial charge >= 0.3 is 0 Å². The number of hydrogen-bond acceptors (Lipinski definition) is 7. The molecular weight excluding hydrogens is 466 g/mol. The molecule has 10 heteroatoms. The maximum atomic E-state index is 12.6.